The minimum absolute atomic E-state index is 0.0421. The van der Waals surface area contributed by atoms with E-state index in [2.05, 4.69) is 4.90 Å². The number of benzene rings is 3. The van der Waals surface area contributed by atoms with Gasteiger partial charge in [0.25, 0.3) is 0 Å². The van der Waals surface area contributed by atoms with Crippen molar-refractivity contribution >= 4 is 21.7 Å². The number of aliphatic hydroxyl groups is 1. The molecular formula is C35H44N2O9S. The van der Waals surface area contributed by atoms with E-state index in [1.807, 2.05) is 25.1 Å². The molecule has 1 fully saturated rings. The summed E-state index contributed by atoms with van der Waals surface area (Å²) in [7, 11) is -0.651. The van der Waals surface area contributed by atoms with Crippen molar-refractivity contribution in [2.75, 3.05) is 65.1 Å². The van der Waals surface area contributed by atoms with Crippen molar-refractivity contribution in [1.82, 2.24) is 4.31 Å². The number of anilines is 1. The number of hydrogen-bond acceptors (Lipinski definition) is 9. The summed E-state index contributed by atoms with van der Waals surface area (Å²) in [6.07, 6.45) is 0.291. The summed E-state index contributed by atoms with van der Waals surface area (Å²) in [6, 6.07) is 17.1. The number of ether oxygens (including phenoxy) is 4. The van der Waals surface area contributed by atoms with Gasteiger partial charge in [0.1, 0.15) is 24.1 Å². The Kier molecular flexibility index (Phi) is 11.2. The first-order valence-corrected chi connectivity index (χ1v) is 17.3. The predicted octanol–water partition coefficient (Wildman–Crippen LogP) is 3.99. The minimum Gasteiger partial charge on any atom is -0.490 e. The molecule has 5 rings (SSSR count). The van der Waals surface area contributed by atoms with Crippen molar-refractivity contribution in [3.05, 3.63) is 88.5 Å². The zero-order valence-electron chi connectivity index (χ0n) is 27.2. The van der Waals surface area contributed by atoms with Crippen molar-refractivity contribution in [3.63, 3.8) is 0 Å². The third-order valence-corrected chi connectivity index (χ3v) is 10.8. The normalized spacial score (nSPS) is 20.1. The van der Waals surface area contributed by atoms with E-state index in [-0.39, 0.29) is 36.6 Å². The second-order valence-electron chi connectivity index (χ2n) is 12.1. The van der Waals surface area contributed by atoms with Crippen LogP contribution < -0.4 is 9.64 Å². The Morgan fingerprint density at radius 3 is 2.51 bits per heavy atom. The summed E-state index contributed by atoms with van der Waals surface area (Å²) in [6.45, 7) is 5.03. The van der Waals surface area contributed by atoms with Crippen molar-refractivity contribution in [1.29, 1.82) is 0 Å². The van der Waals surface area contributed by atoms with Crippen LogP contribution in [0.2, 0.25) is 0 Å². The molecule has 0 unspecified atom stereocenters. The number of hydrogen-bond donors (Lipinski definition) is 2. The fourth-order valence-electron chi connectivity index (χ4n) is 6.26. The molecule has 0 aromatic heterocycles. The molecule has 47 heavy (non-hydrogen) atoms. The number of carbonyl (C=O) groups is 1. The maximum atomic E-state index is 13.8. The largest absolute Gasteiger partial charge is 0.490 e. The quantitative estimate of drug-likeness (QED) is 0.243. The zero-order valence-corrected chi connectivity index (χ0v) is 28.0. The number of carboxylic acid groups (broad SMARTS) is 1. The summed E-state index contributed by atoms with van der Waals surface area (Å²) in [5.74, 6) is -0.301. The van der Waals surface area contributed by atoms with Crippen LogP contribution in [0, 0.1) is 6.92 Å². The topological polar surface area (TPSA) is 135 Å². The highest BCUT2D eigenvalue weighted by molar-refractivity contribution is 7.89. The number of fused-ring (bicyclic) bond motifs is 1. The minimum atomic E-state index is -3.89. The fraction of sp³-hybridized carbons (Fsp3) is 0.457. The number of aryl methyl sites for hydroxylation is 1. The molecule has 1 saturated heterocycles. The average Bonchev–Trinajstić information content (AvgIpc) is 3.07. The highest BCUT2D eigenvalue weighted by Gasteiger charge is 2.47. The lowest BCUT2D eigenvalue weighted by Gasteiger charge is -2.44. The van der Waals surface area contributed by atoms with Gasteiger partial charge < -0.3 is 34.1 Å². The number of rotatable bonds is 14. The lowest BCUT2D eigenvalue weighted by atomic mass is 9.79. The van der Waals surface area contributed by atoms with E-state index in [0.717, 1.165) is 42.1 Å². The fourth-order valence-corrected chi connectivity index (χ4v) is 7.71. The summed E-state index contributed by atoms with van der Waals surface area (Å²) in [4.78, 5) is 14.2. The number of sulfonamides is 1. The average molecular weight is 669 g/mol. The van der Waals surface area contributed by atoms with Crippen LogP contribution in [-0.2, 0) is 42.9 Å². The van der Waals surface area contributed by atoms with Crippen LogP contribution in [0.5, 0.6) is 5.75 Å². The molecule has 12 heteroatoms. The maximum Gasteiger partial charge on any atom is 0.335 e. The first-order valence-electron chi connectivity index (χ1n) is 15.8. The van der Waals surface area contributed by atoms with Crippen molar-refractivity contribution in [2.24, 2.45) is 0 Å². The Bertz CT molecular complexity index is 1650. The van der Waals surface area contributed by atoms with Crippen LogP contribution in [0.1, 0.15) is 45.5 Å². The smallest absolute Gasteiger partial charge is 0.335 e. The molecule has 2 atom stereocenters. The summed E-state index contributed by atoms with van der Waals surface area (Å²) in [5, 5.41) is 22.1. The highest BCUT2D eigenvalue weighted by atomic mass is 32.2. The second kappa shape index (κ2) is 15.1. The molecule has 0 radical (unpaired) electrons. The van der Waals surface area contributed by atoms with Gasteiger partial charge in [0.2, 0.25) is 10.0 Å². The van der Waals surface area contributed by atoms with E-state index in [0.29, 0.717) is 37.4 Å². The molecule has 3 aromatic carbocycles. The number of aromatic carboxylic acids is 1. The standard InChI is InChI=1S/C35H44N2O9S/c1-25-5-9-29(10-6-25)47(41,42)37-16-14-35(40,30-11-8-28(34(38)39)22-27(30)13-19-44-3)33(23-37)46-24-26-7-12-32-31(21-26)36(17-20-45-32)15-4-18-43-2/h5-12,21-22,33,40H,4,13-20,23-24H2,1-3H3,(H,38,39)/t33-,35-/m0/s1. The first-order chi connectivity index (χ1) is 22.6. The van der Waals surface area contributed by atoms with E-state index in [1.54, 1.807) is 50.6 Å². The van der Waals surface area contributed by atoms with Crippen LogP contribution in [-0.4, -0.2) is 95.2 Å². The molecule has 11 nitrogen and oxygen atoms in total. The monoisotopic (exact) mass is 668 g/mol. The van der Waals surface area contributed by atoms with Gasteiger partial charge in [0.05, 0.1) is 35.9 Å². The van der Waals surface area contributed by atoms with Gasteiger partial charge in [-0.05, 0) is 79.3 Å². The Balaban J connectivity index is 1.47. The van der Waals surface area contributed by atoms with E-state index in [4.69, 9.17) is 18.9 Å². The zero-order chi connectivity index (χ0) is 33.6. The van der Waals surface area contributed by atoms with Gasteiger partial charge in [-0.3, -0.25) is 0 Å². The van der Waals surface area contributed by atoms with E-state index < -0.39 is 27.7 Å². The Morgan fingerprint density at radius 1 is 1.02 bits per heavy atom. The molecule has 0 saturated carbocycles. The third kappa shape index (κ3) is 7.80. The predicted molar refractivity (Wildman–Crippen MR) is 177 cm³/mol. The second-order valence-corrected chi connectivity index (χ2v) is 14.0. The van der Waals surface area contributed by atoms with Gasteiger partial charge >= 0.3 is 5.97 Å². The lowest BCUT2D eigenvalue weighted by molar-refractivity contribution is -0.147. The number of piperidine rings is 1. The van der Waals surface area contributed by atoms with Crippen LogP contribution >= 0.6 is 0 Å². The van der Waals surface area contributed by atoms with Crippen molar-refractivity contribution in [3.8, 4) is 5.75 Å². The molecule has 0 spiro atoms. The molecule has 0 bridgehead atoms. The van der Waals surface area contributed by atoms with Crippen LogP contribution in [0.3, 0.4) is 0 Å². The molecular weight excluding hydrogens is 624 g/mol. The molecule has 2 aliphatic heterocycles. The number of carboxylic acids is 1. The summed E-state index contributed by atoms with van der Waals surface area (Å²) >= 11 is 0. The molecule has 2 N–H and O–H groups in total. The van der Waals surface area contributed by atoms with Crippen molar-refractivity contribution in [2.45, 2.75) is 49.4 Å². The molecule has 0 aliphatic carbocycles. The number of nitrogens with zero attached hydrogens (tertiary/aromatic N) is 2. The van der Waals surface area contributed by atoms with Crippen molar-refractivity contribution < 1.29 is 42.4 Å². The van der Waals surface area contributed by atoms with E-state index in [1.165, 1.54) is 10.4 Å². The van der Waals surface area contributed by atoms with Gasteiger partial charge in [-0.1, -0.05) is 29.8 Å². The van der Waals surface area contributed by atoms with Gasteiger partial charge in [0.15, 0.2) is 0 Å². The van der Waals surface area contributed by atoms with Crippen LogP contribution in [0.15, 0.2) is 65.6 Å². The van der Waals surface area contributed by atoms with Crippen LogP contribution in [0.4, 0.5) is 5.69 Å². The van der Waals surface area contributed by atoms with Gasteiger partial charge in [-0.2, -0.15) is 4.31 Å². The van der Waals surface area contributed by atoms with Gasteiger partial charge in [-0.15, -0.1) is 0 Å². The molecule has 0 amide bonds. The lowest BCUT2D eigenvalue weighted by Crippen LogP contribution is -2.56. The van der Waals surface area contributed by atoms with E-state index in [9.17, 15) is 23.4 Å². The summed E-state index contributed by atoms with van der Waals surface area (Å²) in [5.41, 5.74) is 2.32. The SMILES string of the molecule is COCCCN1CCOc2ccc(CO[C@H]3CN(S(=O)(=O)c4ccc(C)cc4)CC[C@]3(O)c3ccc(C(=O)O)cc3CCOC)cc21. The molecule has 254 valence electrons. The third-order valence-electron chi connectivity index (χ3n) is 8.91. The van der Waals surface area contributed by atoms with Crippen LogP contribution in [0.25, 0.3) is 0 Å². The van der Waals surface area contributed by atoms with Gasteiger partial charge in [-0.25, -0.2) is 13.2 Å². The molecule has 2 heterocycles. The molecule has 3 aromatic rings. The first kappa shape index (κ1) is 34.8. The highest BCUT2D eigenvalue weighted by Crippen LogP contribution is 2.40. The Labute approximate surface area is 276 Å². The summed E-state index contributed by atoms with van der Waals surface area (Å²) < 4.78 is 51.8. The maximum absolute atomic E-state index is 13.8. The Morgan fingerprint density at radius 2 is 1.79 bits per heavy atom. The Hall–Kier alpha value is -3.52. The number of methoxy groups -OCH3 is 2. The van der Waals surface area contributed by atoms with Gasteiger partial charge in [0, 0.05) is 40.5 Å². The van der Waals surface area contributed by atoms with E-state index >= 15 is 0 Å². The molecule has 2 aliphatic rings.